The summed E-state index contributed by atoms with van der Waals surface area (Å²) in [6.45, 7) is 4.42. The standard InChI is InChI=1S/C18H19N5O2S/c1-3-4-5-16-21-14-8-12(6-7-15(14)25-16)17(24)19-9-13-10-23-18(20-13)26-11(2)22-23/h6-8,10H,3-5,9H2,1-2H3,(H,19,24). The lowest BCUT2D eigenvalue weighted by molar-refractivity contribution is 0.0950. The molecule has 0 atom stereocenters. The smallest absolute Gasteiger partial charge is 0.251 e. The number of oxazole rings is 1. The van der Waals surface area contributed by atoms with Gasteiger partial charge in [-0.05, 0) is 31.5 Å². The number of carbonyl (C=O) groups excluding carboxylic acids is 1. The molecule has 4 rings (SSSR count). The molecule has 0 saturated carbocycles. The maximum absolute atomic E-state index is 12.4. The molecule has 7 nitrogen and oxygen atoms in total. The number of hydrogen-bond acceptors (Lipinski definition) is 6. The Bertz CT molecular complexity index is 1050. The first kappa shape index (κ1) is 16.7. The van der Waals surface area contributed by atoms with Crippen molar-refractivity contribution in [3.8, 4) is 0 Å². The summed E-state index contributed by atoms with van der Waals surface area (Å²) in [5.41, 5.74) is 2.76. The average Bonchev–Trinajstić information content (AvgIpc) is 3.28. The van der Waals surface area contributed by atoms with Crippen molar-refractivity contribution >= 4 is 33.3 Å². The van der Waals surface area contributed by atoms with Gasteiger partial charge in [-0.1, -0.05) is 24.7 Å². The molecule has 3 heterocycles. The minimum atomic E-state index is -0.162. The molecular formula is C18H19N5O2S. The van der Waals surface area contributed by atoms with Crippen LogP contribution in [0.3, 0.4) is 0 Å². The highest BCUT2D eigenvalue weighted by atomic mass is 32.1. The predicted octanol–water partition coefficient (Wildman–Crippen LogP) is 3.51. The van der Waals surface area contributed by atoms with Crippen LogP contribution in [0.15, 0.2) is 28.8 Å². The van der Waals surface area contributed by atoms with Crippen LogP contribution in [0.4, 0.5) is 0 Å². The van der Waals surface area contributed by atoms with Crippen molar-refractivity contribution in [2.24, 2.45) is 0 Å². The Labute approximate surface area is 154 Å². The van der Waals surface area contributed by atoms with Crippen LogP contribution in [-0.2, 0) is 13.0 Å². The topological polar surface area (TPSA) is 85.3 Å². The van der Waals surface area contributed by atoms with E-state index in [4.69, 9.17) is 4.42 Å². The molecule has 0 unspecified atom stereocenters. The van der Waals surface area contributed by atoms with Gasteiger partial charge in [-0.2, -0.15) is 5.10 Å². The summed E-state index contributed by atoms with van der Waals surface area (Å²) in [5, 5.41) is 8.17. The van der Waals surface area contributed by atoms with Gasteiger partial charge < -0.3 is 9.73 Å². The van der Waals surface area contributed by atoms with E-state index in [2.05, 4.69) is 27.3 Å². The molecule has 4 aromatic rings. The fourth-order valence-corrected chi connectivity index (χ4v) is 3.50. The van der Waals surface area contributed by atoms with Crippen molar-refractivity contribution < 1.29 is 9.21 Å². The summed E-state index contributed by atoms with van der Waals surface area (Å²) in [6, 6.07) is 5.31. The number of amides is 1. The minimum absolute atomic E-state index is 0.162. The van der Waals surface area contributed by atoms with Gasteiger partial charge in [0.1, 0.15) is 10.5 Å². The van der Waals surface area contributed by atoms with Gasteiger partial charge in [-0.15, -0.1) is 0 Å². The molecule has 8 heteroatoms. The van der Waals surface area contributed by atoms with E-state index in [9.17, 15) is 4.79 Å². The molecule has 0 fully saturated rings. The van der Waals surface area contributed by atoms with Crippen LogP contribution in [-0.4, -0.2) is 25.5 Å². The molecule has 0 aliphatic carbocycles. The van der Waals surface area contributed by atoms with Gasteiger partial charge in [0.2, 0.25) is 4.96 Å². The Morgan fingerprint density at radius 1 is 1.35 bits per heavy atom. The first-order chi connectivity index (χ1) is 12.6. The van der Waals surface area contributed by atoms with Crippen LogP contribution in [0.1, 0.15) is 46.7 Å². The van der Waals surface area contributed by atoms with Gasteiger partial charge in [0.25, 0.3) is 5.91 Å². The number of rotatable bonds is 6. The van der Waals surface area contributed by atoms with Gasteiger partial charge in [-0.25, -0.2) is 14.5 Å². The van der Waals surface area contributed by atoms with E-state index in [0.29, 0.717) is 23.2 Å². The number of unbranched alkanes of at least 4 members (excludes halogenated alkanes) is 1. The van der Waals surface area contributed by atoms with E-state index in [1.54, 1.807) is 22.7 Å². The highest BCUT2D eigenvalue weighted by Crippen LogP contribution is 2.19. The maximum atomic E-state index is 12.4. The van der Waals surface area contributed by atoms with Crippen LogP contribution < -0.4 is 5.32 Å². The number of fused-ring (bicyclic) bond motifs is 2. The van der Waals surface area contributed by atoms with Crippen molar-refractivity contribution in [3.05, 3.63) is 46.6 Å². The van der Waals surface area contributed by atoms with Crippen LogP contribution in [0.5, 0.6) is 0 Å². The van der Waals surface area contributed by atoms with E-state index in [-0.39, 0.29) is 5.91 Å². The monoisotopic (exact) mass is 369 g/mol. The van der Waals surface area contributed by atoms with E-state index < -0.39 is 0 Å². The zero-order valence-electron chi connectivity index (χ0n) is 14.7. The van der Waals surface area contributed by atoms with Crippen LogP contribution in [0, 0.1) is 6.92 Å². The van der Waals surface area contributed by atoms with Crippen LogP contribution in [0.2, 0.25) is 0 Å². The maximum Gasteiger partial charge on any atom is 0.251 e. The predicted molar refractivity (Wildman–Crippen MR) is 99.4 cm³/mol. The Hall–Kier alpha value is -2.74. The van der Waals surface area contributed by atoms with E-state index in [0.717, 1.165) is 40.8 Å². The molecule has 0 spiro atoms. The molecule has 26 heavy (non-hydrogen) atoms. The molecule has 1 aromatic carbocycles. The first-order valence-electron chi connectivity index (χ1n) is 8.61. The third kappa shape index (κ3) is 3.32. The molecule has 0 bridgehead atoms. The van der Waals surface area contributed by atoms with Crippen molar-refractivity contribution in [2.75, 3.05) is 0 Å². The summed E-state index contributed by atoms with van der Waals surface area (Å²) in [6.07, 6.45) is 4.78. The number of nitrogens with zero attached hydrogens (tertiary/aromatic N) is 4. The fraction of sp³-hybridized carbons (Fsp3) is 0.333. The van der Waals surface area contributed by atoms with E-state index >= 15 is 0 Å². The largest absolute Gasteiger partial charge is 0.441 e. The number of benzene rings is 1. The highest BCUT2D eigenvalue weighted by Gasteiger charge is 2.12. The summed E-state index contributed by atoms with van der Waals surface area (Å²) in [4.78, 5) is 22.2. The third-order valence-corrected chi connectivity index (χ3v) is 4.90. The normalized spacial score (nSPS) is 11.5. The summed E-state index contributed by atoms with van der Waals surface area (Å²) in [7, 11) is 0. The lowest BCUT2D eigenvalue weighted by Gasteiger charge is -2.02. The Balaban J connectivity index is 1.45. The molecule has 0 radical (unpaired) electrons. The molecule has 1 N–H and O–H groups in total. The highest BCUT2D eigenvalue weighted by molar-refractivity contribution is 7.16. The fourth-order valence-electron chi connectivity index (χ4n) is 2.75. The second-order valence-corrected chi connectivity index (χ2v) is 7.32. The van der Waals surface area contributed by atoms with Crippen molar-refractivity contribution in [3.63, 3.8) is 0 Å². The van der Waals surface area contributed by atoms with Crippen LogP contribution in [0.25, 0.3) is 16.1 Å². The zero-order valence-corrected chi connectivity index (χ0v) is 15.5. The van der Waals surface area contributed by atoms with Crippen molar-refractivity contribution in [2.45, 2.75) is 39.7 Å². The molecule has 0 aliphatic heterocycles. The summed E-state index contributed by atoms with van der Waals surface area (Å²) >= 11 is 1.52. The Kier molecular flexibility index (Phi) is 4.42. The number of hydrogen-bond donors (Lipinski definition) is 1. The van der Waals surface area contributed by atoms with E-state index in [1.165, 1.54) is 11.3 Å². The van der Waals surface area contributed by atoms with Gasteiger partial charge in [-0.3, -0.25) is 4.79 Å². The number of imidazole rings is 1. The quantitative estimate of drug-likeness (QED) is 0.562. The van der Waals surface area contributed by atoms with E-state index in [1.807, 2.05) is 13.1 Å². The Morgan fingerprint density at radius 3 is 3.04 bits per heavy atom. The minimum Gasteiger partial charge on any atom is -0.441 e. The zero-order chi connectivity index (χ0) is 18.1. The van der Waals surface area contributed by atoms with Gasteiger partial charge in [0, 0.05) is 12.0 Å². The van der Waals surface area contributed by atoms with Crippen LogP contribution >= 0.6 is 11.3 Å². The molecular weight excluding hydrogens is 350 g/mol. The molecule has 0 aliphatic rings. The molecule has 0 saturated heterocycles. The SMILES string of the molecule is CCCCc1nc2cc(C(=O)NCc3cn4nc(C)sc4n3)ccc2o1. The second-order valence-electron chi connectivity index (χ2n) is 6.16. The molecule has 134 valence electrons. The summed E-state index contributed by atoms with van der Waals surface area (Å²) in [5.74, 6) is 0.561. The van der Waals surface area contributed by atoms with Gasteiger partial charge in [0.05, 0.1) is 18.4 Å². The van der Waals surface area contributed by atoms with Gasteiger partial charge >= 0.3 is 0 Å². The molecule has 3 aromatic heterocycles. The number of nitrogens with one attached hydrogen (secondary N) is 1. The number of aromatic nitrogens is 4. The second kappa shape index (κ2) is 6.87. The number of carbonyl (C=O) groups is 1. The first-order valence-corrected chi connectivity index (χ1v) is 9.43. The average molecular weight is 369 g/mol. The van der Waals surface area contributed by atoms with Gasteiger partial charge in [0.15, 0.2) is 11.5 Å². The Morgan fingerprint density at radius 2 is 2.23 bits per heavy atom. The van der Waals surface area contributed by atoms with Crippen molar-refractivity contribution in [1.29, 1.82) is 0 Å². The lowest BCUT2D eigenvalue weighted by Crippen LogP contribution is -2.22. The summed E-state index contributed by atoms with van der Waals surface area (Å²) < 4.78 is 7.44. The lowest BCUT2D eigenvalue weighted by atomic mass is 10.2. The molecule has 1 amide bonds. The van der Waals surface area contributed by atoms with Crippen molar-refractivity contribution in [1.82, 2.24) is 24.9 Å². The number of aryl methyl sites for hydroxylation is 2. The third-order valence-electron chi connectivity index (χ3n) is 4.06.